The molecule has 1 saturated heterocycles. The molecule has 2 N–H and O–H groups in total. The number of aliphatic hydroxyl groups excluding tert-OH is 2. The summed E-state index contributed by atoms with van der Waals surface area (Å²) in [5.41, 5.74) is 0.958. The summed E-state index contributed by atoms with van der Waals surface area (Å²) < 4.78 is 5.64. The molecule has 1 aliphatic rings. The summed E-state index contributed by atoms with van der Waals surface area (Å²) in [7, 11) is 0. The summed E-state index contributed by atoms with van der Waals surface area (Å²) in [4.78, 5) is 2.27. The van der Waals surface area contributed by atoms with Gasteiger partial charge in [0, 0.05) is 19.6 Å². The first kappa shape index (κ1) is 15.4. The number of nitrogens with zero attached hydrogens (tertiary/aromatic N) is 1. The van der Waals surface area contributed by atoms with Gasteiger partial charge in [-0.1, -0.05) is 37.3 Å². The van der Waals surface area contributed by atoms with E-state index in [0.717, 1.165) is 25.2 Å². The predicted molar refractivity (Wildman–Crippen MR) is 78.4 cm³/mol. The number of rotatable bonds is 5. The number of hydrogen-bond donors (Lipinski definition) is 2. The summed E-state index contributed by atoms with van der Waals surface area (Å²) in [6.45, 7) is 6.52. The highest BCUT2D eigenvalue weighted by Gasteiger charge is 2.27. The second-order valence-corrected chi connectivity index (χ2v) is 5.80. The molecule has 0 spiro atoms. The summed E-state index contributed by atoms with van der Waals surface area (Å²) >= 11 is 0. The Morgan fingerprint density at radius 3 is 2.65 bits per heavy atom. The van der Waals surface area contributed by atoms with Crippen LogP contribution in [0.15, 0.2) is 30.3 Å². The maximum Gasteiger partial charge on any atom is 0.0936 e. The molecule has 4 atom stereocenters. The van der Waals surface area contributed by atoms with Crippen LogP contribution in [0.2, 0.25) is 0 Å². The third-order valence-corrected chi connectivity index (χ3v) is 3.83. The van der Waals surface area contributed by atoms with E-state index in [2.05, 4.69) is 11.8 Å². The molecule has 1 fully saturated rings. The van der Waals surface area contributed by atoms with Crippen molar-refractivity contribution >= 4 is 0 Å². The molecule has 0 aliphatic carbocycles. The van der Waals surface area contributed by atoms with Gasteiger partial charge in [0.1, 0.15) is 0 Å². The molecule has 0 aromatic heterocycles. The fraction of sp³-hybridized carbons (Fsp3) is 0.625. The van der Waals surface area contributed by atoms with Gasteiger partial charge in [0.2, 0.25) is 0 Å². The number of aliphatic hydroxyl groups is 2. The standard InChI is InChI=1S/C16H25NO3/c1-12(16(19)14-6-4-3-5-7-14)8-17-9-13(2)20-15(10-17)11-18/h3-7,12-13,15-16,18-19H,8-11H2,1-2H3. The molecular formula is C16H25NO3. The Morgan fingerprint density at radius 1 is 1.30 bits per heavy atom. The fourth-order valence-electron chi connectivity index (χ4n) is 2.88. The fourth-order valence-corrected chi connectivity index (χ4v) is 2.88. The molecule has 1 aromatic carbocycles. The summed E-state index contributed by atoms with van der Waals surface area (Å²) in [5.74, 6) is 0.141. The van der Waals surface area contributed by atoms with E-state index in [0.29, 0.717) is 0 Å². The molecule has 112 valence electrons. The molecule has 4 heteroatoms. The van der Waals surface area contributed by atoms with Crippen LogP contribution in [-0.4, -0.2) is 53.6 Å². The number of hydrogen-bond acceptors (Lipinski definition) is 4. The van der Waals surface area contributed by atoms with Crippen molar-refractivity contribution < 1.29 is 14.9 Å². The van der Waals surface area contributed by atoms with E-state index in [1.165, 1.54) is 0 Å². The van der Waals surface area contributed by atoms with Crippen LogP contribution >= 0.6 is 0 Å². The molecule has 4 nitrogen and oxygen atoms in total. The van der Waals surface area contributed by atoms with Crippen LogP contribution < -0.4 is 0 Å². The Morgan fingerprint density at radius 2 is 2.00 bits per heavy atom. The third kappa shape index (κ3) is 4.03. The van der Waals surface area contributed by atoms with Crippen molar-refractivity contribution in [2.75, 3.05) is 26.2 Å². The zero-order chi connectivity index (χ0) is 14.5. The highest BCUT2D eigenvalue weighted by Crippen LogP contribution is 2.23. The quantitative estimate of drug-likeness (QED) is 0.856. The SMILES string of the molecule is CC1CN(CC(C)C(O)c2ccccc2)CC(CO)O1. The maximum absolute atomic E-state index is 10.4. The first-order valence-corrected chi connectivity index (χ1v) is 7.31. The van der Waals surface area contributed by atoms with Gasteiger partial charge in [0.05, 0.1) is 24.9 Å². The first-order chi connectivity index (χ1) is 9.60. The Labute approximate surface area is 121 Å². The van der Waals surface area contributed by atoms with Gasteiger partial charge in [0.25, 0.3) is 0 Å². The van der Waals surface area contributed by atoms with E-state index in [1.54, 1.807) is 0 Å². The van der Waals surface area contributed by atoms with Gasteiger partial charge in [-0.3, -0.25) is 4.90 Å². The van der Waals surface area contributed by atoms with Gasteiger partial charge < -0.3 is 14.9 Å². The molecule has 4 unspecified atom stereocenters. The highest BCUT2D eigenvalue weighted by atomic mass is 16.5. The van der Waals surface area contributed by atoms with Gasteiger partial charge in [-0.2, -0.15) is 0 Å². The van der Waals surface area contributed by atoms with Gasteiger partial charge in [-0.05, 0) is 18.4 Å². The van der Waals surface area contributed by atoms with E-state index in [4.69, 9.17) is 4.74 Å². The van der Waals surface area contributed by atoms with Crippen molar-refractivity contribution in [2.45, 2.75) is 32.2 Å². The monoisotopic (exact) mass is 279 g/mol. The van der Waals surface area contributed by atoms with Crippen LogP contribution in [0, 0.1) is 5.92 Å². The highest BCUT2D eigenvalue weighted by molar-refractivity contribution is 5.17. The van der Waals surface area contributed by atoms with Crippen LogP contribution in [0.1, 0.15) is 25.5 Å². The first-order valence-electron chi connectivity index (χ1n) is 7.31. The molecule has 1 aliphatic heterocycles. The molecule has 0 amide bonds. The normalized spacial score (nSPS) is 27.2. The van der Waals surface area contributed by atoms with E-state index >= 15 is 0 Å². The molecular weight excluding hydrogens is 254 g/mol. The second-order valence-electron chi connectivity index (χ2n) is 5.80. The largest absolute Gasteiger partial charge is 0.394 e. The summed E-state index contributed by atoms with van der Waals surface area (Å²) in [6, 6.07) is 9.77. The molecule has 2 rings (SSSR count). The summed E-state index contributed by atoms with van der Waals surface area (Å²) in [6.07, 6.45) is -0.441. The zero-order valence-electron chi connectivity index (χ0n) is 12.3. The van der Waals surface area contributed by atoms with Crippen LogP contribution in [0.3, 0.4) is 0 Å². The van der Waals surface area contributed by atoms with E-state index in [1.807, 2.05) is 37.3 Å². The molecule has 0 bridgehead atoms. The van der Waals surface area contributed by atoms with Crippen LogP contribution in [-0.2, 0) is 4.74 Å². The van der Waals surface area contributed by atoms with Crippen molar-refractivity contribution in [3.8, 4) is 0 Å². The lowest BCUT2D eigenvalue weighted by atomic mass is 9.96. The van der Waals surface area contributed by atoms with E-state index in [9.17, 15) is 10.2 Å². The van der Waals surface area contributed by atoms with Gasteiger partial charge >= 0.3 is 0 Å². The van der Waals surface area contributed by atoms with Crippen molar-refractivity contribution in [1.82, 2.24) is 4.90 Å². The molecule has 1 aromatic rings. The lowest BCUT2D eigenvalue weighted by Crippen LogP contribution is -2.49. The second kappa shape index (κ2) is 7.18. The zero-order valence-corrected chi connectivity index (χ0v) is 12.3. The van der Waals surface area contributed by atoms with E-state index < -0.39 is 6.10 Å². The van der Waals surface area contributed by atoms with Gasteiger partial charge in [0.15, 0.2) is 0 Å². The molecule has 0 saturated carbocycles. The lowest BCUT2D eigenvalue weighted by molar-refractivity contribution is -0.100. The van der Waals surface area contributed by atoms with Crippen molar-refractivity contribution in [2.24, 2.45) is 5.92 Å². The van der Waals surface area contributed by atoms with Crippen LogP contribution in [0.4, 0.5) is 0 Å². The van der Waals surface area contributed by atoms with Crippen LogP contribution in [0.25, 0.3) is 0 Å². The molecule has 1 heterocycles. The smallest absolute Gasteiger partial charge is 0.0936 e. The molecule has 20 heavy (non-hydrogen) atoms. The lowest BCUT2D eigenvalue weighted by Gasteiger charge is -2.38. The average molecular weight is 279 g/mol. The number of ether oxygens (including phenoxy) is 1. The van der Waals surface area contributed by atoms with Crippen LogP contribution in [0.5, 0.6) is 0 Å². The topological polar surface area (TPSA) is 52.9 Å². The Hall–Kier alpha value is -0.940. The van der Waals surface area contributed by atoms with E-state index in [-0.39, 0.29) is 24.7 Å². The Bertz CT molecular complexity index is 398. The van der Waals surface area contributed by atoms with Crippen molar-refractivity contribution in [3.63, 3.8) is 0 Å². The predicted octanol–water partition coefficient (Wildman–Crippen LogP) is 1.44. The number of morpholine rings is 1. The minimum Gasteiger partial charge on any atom is -0.394 e. The van der Waals surface area contributed by atoms with Gasteiger partial charge in [-0.25, -0.2) is 0 Å². The minimum atomic E-state index is -0.457. The van der Waals surface area contributed by atoms with Crippen molar-refractivity contribution in [1.29, 1.82) is 0 Å². The Kier molecular flexibility index (Phi) is 5.54. The Balaban J connectivity index is 1.92. The molecule has 0 radical (unpaired) electrons. The minimum absolute atomic E-state index is 0.0520. The van der Waals surface area contributed by atoms with Gasteiger partial charge in [-0.15, -0.1) is 0 Å². The van der Waals surface area contributed by atoms with Crippen molar-refractivity contribution in [3.05, 3.63) is 35.9 Å². The average Bonchev–Trinajstić information content (AvgIpc) is 2.46. The number of benzene rings is 1. The summed E-state index contributed by atoms with van der Waals surface area (Å²) in [5, 5.41) is 19.6. The third-order valence-electron chi connectivity index (χ3n) is 3.83. The maximum atomic E-state index is 10.4.